The number of hydrogen-bond donors (Lipinski definition) is 2. The minimum absolute atomic E-state index is 0.0424. The van der Waals surface area contributed by atoms with Crippen LogP contribution in [0.15, 0.2) is 41.3 Å². The van der Waals surface area contributed by atoms with Crippen LogP contribution in [0.3, 0.4) is 0 Å². The van der Waals surface area contributed by atoms with Crippen LogP contribution in [0.2, 0.25) is 5.02 Å². The Kier molecular flexibility index (Phi) is 4.41. The molecule has 6 heteroatoms. The van der Waals surface area contributed by atoms with E-state index in [2.05, 4.69) is 4.72 Å². The van der Waals surface area contributed by atoms with Gasteiger partial charge in [0, 0.05) is 27.9 Å². The molecular weight excluding hydrogens is 320 g/mol. The first-order valence-electron chi connectivity index (χ1n) is 7.42. The summed E-state index contributed by atoms with van der Waals surface area (Å²) in [5, 5.41) is 1.95. The van der Waals surface area contributed by atoms with E-state index in [1.807, 2.05) is 18.2 Å². The molecule has 0 spiro atoms. The molecule has 22 heavy (non-hydrogen) atoms. The van der Waals surface area contributed by atoms with Gasteiger partial charge < -0.3 is 5.73 Å². The molecule has 3 rings (SSSR count). The van der Waals surface area contributed by atoms with E-state index in [9.17, 15) is 8.42 Å². The average Bonchev–Trinajstić information content (AvgIpc) is 2.50. The molecule has 0 aromatic heterocycles. The smallest absolute Gasteiger partial charge is 0.241 e. The summed E-state index contributed by atoms with van der Waals surface area (Å²) in [7, 11) is -3.57. The van der Waals surface area contributed by atoms with Crippen molar-refractivity contribution >= 4 is 32.4 Å². The summed E-state index contributed by atoms with van der Waals surface area (Å²) in [5.74, 6) is 0. The van der Waals surface area contributed by atoms with Gasteiger partial charge in [-0.3, -0.25) is 0 Å². The highest BCUT2D eigenvalue weighted by Crippen LogP contribution is 2.29. The highest BCUT2D eigenvalue weighted by molar-refractivity contribution is 7.89. The van der Waals surface area contributed by atoms with Crippen LogP contribution in [0.5, 0.6) is 0 Å². The molecule has 0 saturated heterocycles. The molecule has 118 valence electrons. The fourth-order valence-corrected chi connectivity index (χ4v) is 4.73. The SMILES string of the molecule is NC1CCC(NS(=O)(=O)c2ccc(Cl)c3ccccc23)CC1. The van der Waals surface area contributed by atoms with Crippen LogP contribution in [-0.2, 0) is 10.0 Å². The highest BCUT2D eigenvalue weighted by Gasteiger charge is 2.25. The topological polar surface area (TPSA) is 72.2 Å². The molecule has 1 aliphatic carbocycles. The molecule has 0 bridgehead atoms. The zero-order chi connectivity index (χ0) is 15.7. The van der Waals surface area contributed by atoms with Gasteiger partial charge in [0.1, 0.15) is 0 Å². The van der Waals surface area contributed by atoms with Crippen LogP contribution in [0.4, 0.5) is 0 Å². The fourth-order valence-electron chi connectivity index (χ4n) is 2.99. The van der Waals surface area contributed by atoms with Gasteiger partial charge in [-0.05, 0) is 37.8 Å². The number of hydrogen-bond acceptors (Lipinski definition) is 3. The van der Waals surface area contributed by atoms with Crippen molar-refractivity contribution < 1.29 is 8.42 Å². The van der Waals surface area contributed by atoms with Crippen LogP contribution in [-0.4, -0.2) is 20.5 Å². The number of benzene rings is 2. The van der Waals surface area contributed by atoms with Gasteiger partial charge in [-0.2, -0.15) is 0 Å². The third-order valence-electron chi connectivity index (χ3n) is 4.21. The summed E-state index contributed by atoms with van der Waals surface area (Å²) in [6, 6.07) is 10.6. The van der Waals surface area contributed by atoms with Gasteiger partial charge in [-0.15, -0.1) is 0 Å². The molecule has 0 radical (unpaired) electrons. The van der Waals surface area contributed by atoms with E-state index in [-0.39, 0.29) is 17.0 Å². The number of rotatable bonds is 3. The van der Waals surface area contributed by atoms with Crippen molar-refractivity contribution in [3.63, 3.8) is 0 Å². The number of sulfonamides is 1. The van der Waals surface area contributed by atoms with Crippen LogP contribution in [0.25, 0.3) is 10.8 Å². The van der Waals surface area contributed by atoms with Crippen LogP contribution in [0, 0.1) is 0 Å². The Bertz CT molecular complexity index is 784. The monoisotopic (exact) mass is 338 g/mol. The Hall–Kier alpha value is -1.14. The highest BCUT2D eigenvalue weighted by atomic mass is 35.5. The Morgan fingerprint density at radius 1 is 1.00 bits per heavy atom. The predicted octanol–water partition coefficient (Wildman–Crippen LogP) is 3.04. The zero-order valence-electron chi connectivity index (χ0n) is 12.1. The summed E-state index contributed by atoms with van der Waals surface area (Å²) in [6.45, 7) is 0. The zero-order valence-corrected chi connectivity index (χ0v) is 13.7. The first-order valence-corrected chi connectivity index (χ1v) is 9.28. The number of nitrogens with two attached hydrogens (primary N) is 1. The van der Waals surface area contributed by atoms with Gasteiger partial charge >= 0.3 is 0 Å². The van der Waals surface area contributed by atoms with E-state index in [4.69, 9.17) is 17.3 Å². The standard InChI is InChI=1S/C16H19ClN2O2S/c17-15-9-10-16(14-4-2-1-3-13(14)15)22(20,21)19-12-7-5-11(18)6-8-12/h1-4,9-12,19H,5-8,18H2. The molecule has 1 fully saturated rings. The lowest BCUT2D eigenvalue weighted by Gasteiger charge is -2.26. The van der Waals surface area contributed by atoms with Gasteiger partial charge in [-0.1, -0.05) is 35.9 Å². The van der Waals surface area contributed by atoms with E-state index in [1.165, 1.54) is 0 Å². The second-order valence-corrected chi connectivity index (χ2v) is 7.91. The lowest BCUT2D eigenvalue weighted by atomic mass is 9.93. The van der Waals surface area contributed by atoms with Gasteiger partial charge in [0.15, 0.2) is 0 Å². The first kappa shape index (κ1) is 15.7. The summed E-state index contributed by atoms with van der Waals surface area (Å²) >= 11 is 6.16. The molecule has 0 amide bonds. The third kappa shape index (κ3) is 3.13. The van der Waals surface area contributed by atoms with Gasteiger partial charge in [0.05, 0.1) is 4.90 Å². The van der Waals surface area contributed by atoms with E-state index < -0.39 is 10.0 Å². The summed E-state index contributed by atoms with van der Waals surface area (Å²) in [6.07, 6.45) is 3.28. The first-order chi connectivity index (χ1) is 10.5. The lowest BCUT2D eigenvalue weighted by molar-refractivity contribution is 0.373. The minimum Gasteiger partial charge on any atom is -0.328 e. The van der Waals surface area contributed by atoms with Crippen molar-refractivity contribution in [1.82, 2.24) is 4.72 Å². The molecule has 3 N–H and O–H groups in total. The normalized spacial score (nSPS) is 22.8. The summed E-state index contributed by atoms with van der Waals surface area (Å²) in [4.78, 5) is 0.280. The summed E-state index contributed by atoms with van der Waals surface area (Å²) < 4.78 is 28.3. The van der Waals surface area contributed by atoms with Crippen LogP contribution >= 0.6 is 11.6 Å². The maximum Gasteiger partial charge on any atom is 0.241 e. The molecule has 0 atom stereocenters. The van der Waals surface area contributed by atoms with Crippen molar-refractivity contribution in [2.24, 2.45) is 5.73 Å². The van der Waals surface area contributed by atoms with Crippen molar-refractivity contribution in [3.05, 3.63) is 41.4 Å². The fraction of sp³-hybridized carbons (Fsp3) is 0.375. The molecule has 2 aromatic carbocycles. The molecule has 0 aliphatic heterocycles. The van der Waals surface area contributed by atoms with Gasteiger partial charge in [0.2, 0.25) is 10.0 Å². The van der Waals surface area contributed by atoms with E-state index >= 15 is 0 Å². The Balaban J connectivity index is 1.94. The largest absolute Gasteiger partial charge is 0.328 e. The minimum atomic E-state index is -3.57. The molecule has 0 heterocycles. The van der Waals surface area contributed by atoms with Crippen LogP contribution < -0.4 is 10.5 Å². The maximum atomic E-state index is 12.7. The Labute approximate surface area is 135 Å². The molecule has 2 aromatic rings. The van der Waals surface area contributed by atoms with E-state index in [0.29, 0.717) is 10.4 Å². The molecule has 1 aliphatic rings. The quantitative estimate of drug-likeness (QED) is 0.903. The molecule has 0 unspecified atom stereocenters. The van der Waals surface area contributed by atoms with Gasteiger partial charge in [-0.25, -0.2) is 13.1 Å². The third-order valence-corrected chi connectivity index (χ3v) is 6.12. The second kappa shape index (κ2) is 6.16. The molecule has 1 saturated carbocycles. The predicted molar refractivity (Wildman–Crippen MR) is 89.5 cm³/mol. The number of halogens is 1. The van der Waals surface area contributed by atoms with Crippen molar-refractivity contribution in [2.45, 2.75) is 42.7 Å². The van der Waals surface area contributed by atoms with Crippen molar-refractivity contribution in [2.75, 3.05) is 0 Å². The Morgan fingerprint density at radius 3 is 2.32 bits per heavy atom. The lowest BCUT2D eigenvalue weighted by Crippen LogP contribution is -2.40. The number of nitrogens with one attached hydrogen (secondary N) is 1. The van der Waals surface area contributed by atoms with Crippen LogP contribution in [0.1, 0.15) is 25.7 Å². The van der Waals surface area contributed by atoms with E-state index in [1.54, 1.807) is 18.2 Å². The molecular formula is C16H19ClN2O2S. The molecule has 4 nitrogen and oxygen atoms in total. The van der Waals surface area contributed by atoms with E-state index in [0.717, 1.165) is 31.1 Å². The maximum absolute atomic E-state index is 12.7. The summed E-state index contributed by atoms with van der Waals surface area (Å²) in [5.41, 5.74) is 5.87. The second-order valence-electron chi connectivity index (χ2n) is 5.82. The number of fused-ring (bicyclic) bond motifs is 1. The van der Waals surface area contributed by atoms with Gasteiger partial charge in [0.25, 0.3) is 0 Å². The van der Waals surface area contributed by atoms with Crippen molar-refractivity contribution in [1.29, 1.82) is 0 Å². The van der Waals surface area contributed by atoms with Crippen molar-refractivity contribution in [3.8, 4) is 0 Å². The average molecular weight is 339 g/mol. The Morgan fingerprint density at radius 2 is 1.64 bits per heavy atom.